The summed E-state index contributed by atoms with van der Waals surface area (Å²) in [5.41, 5.74) is -0.0800. The van der Waals surface area contributed by atoms with Crippen LogP contribution in [0.3, 0.4) is 0 Å². The van der Waals surface area contributed by atoms with Crippen molar-refractivity contribution in [2.45, 2.75) is 39.0 Å². The Bertz CT molecular complexity index is 236. The molecule has 0 aromatic carbocycles. The predicted molar refractivity (Wildman–Crippen MR) is 69.6 cm³/mol. The number of aliphatic hydroxyl groups excluding tert-OH is 1. The number of hydrogen-bond acceptors (Lipinski definition) is 3. The summed E-state index contributed by atoms with van der Waals surface area (Å²) in [4.78, 5) is 11.3. The van der Waals surface area contributed by atoms with E-state index in [1.165, 1.54) is 0 Å². The Labute approximate surface area is 104 Å². The molecule has 0 bridgehead atoms. The molecule has 1 N–H and O–H groups in total. The minimum atomic E-state index is -0.346. The second-order valence-electron chi connectivity index (χ2n) is 4.37. The fourth-order valence-electron chi connectivity index (χ4n) is 2.02. The minimum absolute atomic E-state index is 0.0599. The zero-order valence-corrected chi connectivity index (χ0v) is 10.8. The molecule has 0 aliphatic carbocycles. The number of esters is 1. The number of hydrogen-bond donors (Lipinski definition) is 1. The Morgan fingerprint density at radius 3 is 2.35 bits per heavy atom. The van der Waals surface area contributed by atoms with Crippen LogP contribution in [0.4, 0.5) is 0 Å². The Balaban J connectivity index is 4.47. The van der Waals surface area contributed by atoms with Gasteiger partial charge in [-0.1, -0.05) is 25.5 Å². The first-order valence-corrected chi connectivity index (χ1v) is 6.12. The largest absolute Gasteiger partial charge is 0.465 e. The molecule has 3 heteroatoms. The van der Waals surface area contributed by atoms with Crippen molar-refractivity contribution in [1.82, 2.24) is 0 Å². The van der Waals surface area contributed by atoms with Gasteiger partial charge in [0.1, 0.15) is 0 Å². The highest BCUT2D eigenvalue weighted by Crippen LogP contribution is 2.33. The van der Waals surface area contributed by atoms with Gasteiger partial charge < -0.3 is 9.84 Å². The molecular weight excluding hydrogens is 216 g/mol. The summed E-state index contributed by atoms with van der Waals surface area (Å²) in [5.74, 6) is -0.346. The molecule has 0 aliphatic rings. The highest BCUT2D eigenvalue weighted by molar-refractivity contribution is 5.69. The van der Waals surface area contributed by atoms with E-state index < -0.39 is 0 Å². The molecule has 0 spiro atoms. The van der Waals surface area contributed by atoms with Crippen molar-refractivity contribution in [3.05, 3.63) is 25.3 Å². The van der Waals surface area contributed by atoms with Crippen molar-refractivity contribution in [3.63, 3.8) is 0 Å². The van der Waals surface area contributed by atoms with Gasteiger partial charge in [0.05, 0.1) is 19.6 Å². The average molecular weight is 240 g/mol. The van der Waals surface area contributed by atoms with Crippen LogP contribution in [0, 0.1) is 5.41 Å². The molecule has 0 atom stereocenters. The monoisotopic (exact) mass is 240 g/mol. The topological polar surface area (TPSA) is 46.5 Å². The molecule has 0 radical (unpaired) electrons. The van der Waals surface area contributed by atoms with Gasteiger partial charge in [-0.3, -0.25) is 4.79 Å². The van der Waals surface area contributed by atoms with E-state index in [0.29, 0.717) is 6.61 Å². The zero-order valence-electron chi connectivity index (χ0n) is 10.8. The maximum Gasteiger partial charge on any atom is 0.308 e. The highest BCUT2D eigenvalue weighted by Gasteiger charge is 2.28. The summed E-state index contributed by atoms with van der Waals surface area (Å²) in [6.07, 6.45) is 7.39. The molecule has 17 heavy (non-hydrogen) atoms. The van der Waals surface area contributed by atoms with Crippen LogP contribution in [0.15, 0.2) is 25.3 Å². The predicted octanol–water partition coefficient (Wildman–Crippen LogP) is 2.85. The van der Waals surface area contributed by atoms with Gasteiger partial charge in [-0.2, -0.15) is 0 Å². The number of allylic oxidation sites excluding steroid dienone is 2. The van der Waals surface area contributed by atoms with Gasteiger partial charge >= 0.3 is 5.97 Å². The molecule has 0 fully saturated rings. The molecule has 0 aromatic rings. The molecule has 0 unspecified atom stereocenters. The van der Waals surface area contributed by atoms with E-state index in [1.807, 2.05) is 12.2 Å². The Morgan fingerprint density at radius 1 is 1.35 bits per heavy atom. The number of carbonyl (C=O) groups is 1. The van der Waals surface area contributed by atoms with Crippen molar-refractivity contribution in [2.24, 2.45) is 5.41 Å². The maximum absolute atomic E-state index is 11.3. The molecule has 0 amide bonds. The first-order valence-electron chi connectivity index (χ1n) is 6.12. The van der Waals surface area contributed by atoms with Crippen LogP contribution in [0.25, 0.3) is 0 Å². The second-order valence-corrected chi connectivity index (χ2v) is 4.37. The van der Waals surface area contributed by atoms with Gasteiger partial charge in [0.15, 0.2) is 0 Å². The lowest BCUT2D eigenvalue weighted by Crippen LogP contribution is -2.28. The summed E-state index contributed by atoms with van der Waals surface area (Å²) in [6, 6.07) is 0. The van der Waals surface area contributed by atoms with Gasteiger partial charge in [0.25, 0.3) is 0 Å². The van der Waals surface area contributed by atoms with Crippen LogP contribution >= 0.6 is 0 Å². The molecule has 0 aliphatic heterocycles. The van der Waals surface area contributed by atoms with Crippen molar-refractivity contribution in [2.75, 3.05) is 13.2 Å². The normalized spacial score (nSPS) is 10.9. The molecule has 0 saturated carbocycles. The van der Waals surface area contributed by atoms with Gasteiger partial charge in [-0.25, -0.2) is 0 Å². The van der Waals surface area contributed by atoms with E-state index in [9.17, 15) is 4.79 Å². The van der Waals surface area contributed by atoms with E-state index in [-0.39, 0.29) is 24.4 Å². The van der Waals surface area contributed by atoms with Gasteiger partial charge in [-0.05, 0) is 19.3 Å². The van der Waals surface area contributed by atoms with Crippen LogP contribution in [0.1, 0.15) is 39.0 Å². The third-order valence-corrected chi connectivity index (χ3v) is 2.79. The summed E-state index contributed by atoms with van der Waals surface area (Å²) < 4.78 is 5.21. The summed E-state index contributed by atoms with van der Waals surface area (Å²) >= 11 is 0. The first kappa shape index (κ1) is 15.9. The Morgan fingerprint density at radius 2 is 1.94 bits per heavy atom. The van der Waals surface area contributed by atoms with E-state index >= 15 is 0 Å². The van der Waals surface area contributed by atoms with Crippen molar-refractivity contribution in [1.29, 1.82) is 0 Å². The lowest BCUT2D eigenvalue weighted by molar-refractivity contribution is -0.148. The number of carbonyl (C=O) groups excluding carboxylic acids is 1. The molecule has 0 saturated heterocycles. The fourth-order valence-corrected chi connectivity index (χ4v) is 2.02. The van der Waals surface area contributed by atoms with E-state index in [0.717, 1.165) is 25.7 Å². The molecule has 0 aromatic heterocycles. The SMILES string of the molecule is C=CCC(CC=C)(CCC)COC(=O)CCO. The Kier molecular flexibility index (Phi) is 8.42. The summed E-state index contributed by atoms with van der Waals surface area (Å²) in [7, 11) is 0. The zero-order chi connectivity index (χ0) is 13.1. The van der Waals surface area contributed by atoms with Crippen LogP contribution in [0.5, 0.6) is 0 Å². The standard InChI is InChI=1S/C14H24O3/c1-4-8-14(9-5-2,10-6-3)12-17-13(16)7-11-15/h4-5,15H,1-2,6-12H2,3H3. The molecule has 3 nitrogen and oxygen atoms in total. The van der Waals surface area contributed by atoms with Crippen LogP contribution in [0.2, 0.25) is 0 Å². The highest BCUT2D eigenvalue weighted by atomic mass is 16.5. The van der Waals surface area contributed by atoms with Crippen LogP contribution < -0.4 is 0 Å². The second kappa shape index (κ2) is 8.99. The maximum atomic E-state index is 11.3. The third-order valence-electron chi connectivity index (χ3n) is 2.79. The third kappa shape index (κ3) is 6.27. The van der Waals surface area contributed by atoms with Crippen LogP contribution in [-0.2, 0) is 9.53 Å². The van der Waals surface area contributed by atoms with Crippen LogP contribution in [-0.4, -0.2) is 24.3 Å². The number of aliphatic hydroxyl groups is 1. The summed E-state index contributed by atoms with van der Waals surface area (Å²) in [5, 5.41) is 8.64. The van der Waals surface area contributed by atoms with Crippen molar-refractivity contribution < 1.29 is 14.6 Å². The van der Waals surface area contributed by atoms with Gasteiger partial charge in [0, 0.05) is 5.41 Å². The first-order chi connectivity index (χ1) is 8.14. The molecular formula is C14H24O3. The quantitative estimate of drug-likeness (QED) is 0.472. The lowest BCUT2D eigenvalue weighted by atomic mass is 9.78. The summed E-state index contributed by atoms with van der Waals surface area (Å²) in [6.45, 7) is 9.83. The number of rotatable bonds is 10. The smallest absolute Gasteiger partial charge is 0.308 e. The molecule has 0 rings (SSSR count). The number of ether oxygens (including phenoxy) is 1. The Hall–Kier alpha value is -1.09. The fraction of sp³-hybridized carbons (Fsp3) is 0.643. The van der Waals surface area contributed by atoms with Gasteiger partial charge in [-0.15, -0.1) is 13.2 Å². The molecule has 98 valence electrons. The van der Waals surface area contributed by atoms with Crippen molar-refractivity contribution in [3.8, 4) is 0 Å². The van der Waals surface area contributed by atoms with E-state index in [2.05, 4.69) is 20.1 Å². The molecule has 0 heterocycles. The average Bonchev–Trinajstić information content (AvgIpc) is 2.28. The van der Waals surface area contributed by atoms with E-state index in [1.54, 1.807) is 0 Å². The van der Waals surface area contributed by atoms with Crippen molar-refractivity contribution >= 4 is 5.97 Å². The van der Waals surface area contributed by atoms with E-state index in [4.69, 9.17) is 9.84 Å². The minimum Gasteiger partial charge on any atom is -0.465 e. The van der Waals surface area contributed by atoms with Gasteiger partial charge in [0.2, 0.25) is 0 Å². The lowest BCUT2D eigenvalue weighted by Gasteiger charge is -2.31.